The molecule has 0 amide bonds. The summed E-state index contributed by atoms with van der Waals surface area (Å²) >= 11 is 0. The summed E-state index contributed by atoms with van der Waals surface area (Å²) in [5.41, 5.74) is 8.25. The number of hydrogen-bond donors (Lipinski definition) is 2. The van der Waals surface area contributed by atoms with Crippen LogP contribution in [0.5, 0.6) is 0 Å². The highest BCUT2D eigenvalue weighted by atomic mass is 32.2. The molecular formula is C14H14FN3O2S. The molecular weight excluding hydrogens is 293 g/mol. The van der Waals surface area contributed by atoms with Crippen LogP contribution in [0.1, 0.15) is 5.56 Å². The van der Waals surface area contributed by atoms with Crippen LogP contribution in [0.2, 0.25) is 0 Å². The van der Waals surface area contributed by atoms with Gasteiger partial charge in [-0.05, 0) is 36.2 Å². The highest BCUT2D eigenvalue weighted by Crippen LogP contribution is 2.39. The maximum Gasteiger partial charge on any atom is 0.240 e. The monoisotopic (exact) mass is 307 g/mol. The first-order valence-electron chi connectivity index (χ1n) is 6.35. The Morgan fingerprint density at radius 3 is 2.62 bits per heavy atom. The van der Waals surface area contributed by atoms with E-state index in [1.165, 1.54) is 18.2 Å². The SMILES string of the molecule is Nc1c(N2CCc3ccc(F)cc32)cccc1S(N)(=O)=O. The second-order valence-electron chi connectivity index (χ2n) is 4.91. The molecule has 3 rings (SSSR count). The fourth-order valence-electron chi connectivity index (χ4n) is 2.62. The van der Waals surface area contributed by atoms with E-state index >= 15 is 0 Å². The lowest BCUT2D eigenvalue weighted by Gasteiger charge is -2.22. The van der Waals surface area contributed by atoms with Gasteiger partial charge in [-0.25, -0.2) is 17.9 Å². The number of benzene rings is 2. The average molecular weight is 307 g/mol. The van der Waals surface area contributed by atoms with Gasteiger partial charge in [-0.2, -0.15) is 0 Å². The van der Waals surface area contributed by atoms with Crippen molar-refractivity contribution in [3.63, 3.8) is 0 Å². The molecule has 2 aromatic carbocycles. The Balaban J connectivity index is 2.15. The summed E-state index contributed by atoms with van der Waals surface area (Å²) in [5, 5.41) is 5.16. The molecule has 7 heteroatoms. The molecule has 2 aromatic rings. The maximum atomic E-state index is 13.4. The molecule has 0 aromatic heterocycles. The third-order valence-electron chi connectivity index (χ3n) is 3.58. The van der Waals surface area contributed by atoms with Gasteiger partial charge in [-0.3, -0.25) is 0 Å². The van der Waals surface area contributed by atoms with E-state index in [9.17, 15) is 12.8 Å². The summed E-state index contributed by atoms with van der Waals surface area (Å²) in [7, 11) is -3.90. The molecule has 21 heavy (non-hydrogen) atoms. The highest BCUT2D eigenvalue weighted by molar-refractivity contribution is 7.89. The Kier molecular flexibility index (Phi) is 3.11. The molecule has 4 N–H and O–H groups in total. The summed E-state index contributed by atoms with van der Waals surface area (Å²) in [6, 6.07) is 9.19. The van der Waals surface area contributed by atoms with Crippen LogP contribution in [0.3, 0.4) is 0 Å². The number of halogens is 1. The molecule has 110 valence electrons. The van der Waals surface area contributed by atoms with E-state index < -0.39 is 10.0 Å². The summed E-state index contributed by atoms with van der Waals surface area (Å²) < 4.78 is 36.5. The molecule has 1 aliphatic heterocycles. The number of nitrogens with two attached hydrogens (primary N) is 2. The standard InChI is InChI=1S/C14H14FN3O2S/c15-10-5-4-9-6-7-18(12(9)8-10)11-2-1-3-13(14(11)16)21(17,19)20/h1-5,8H,6-7,16H2,(H2,17,19,20). The van der Waals surface area contributed by atoms with E-state index in [1.54, 1.807) is 18.2 Å². The number of hydrogen-bond acceptors (Lipinski definition) is 4. The van der Waals surface area contributed by atoms with E-state index in [0.29, 0.717) is 17.9 Å². The number of primary sulfonamides is 1. The minimum atomic E-state index is -3.90. The van der Waals surface area contributed by atoms with Crippen molar-refractivity contribution in [2.75, 3.05) is 17.2 Å². The predicted molar refractivity (Wildman–Crippen MR) is 79.3 cm³/mol. The van der Waals surface area contributed by atoms with Crippen LogP contribution in [0.25, 0.3) is 0 Å². The third kappa shape index (κ3) is 2.34. The molecule has 0 bridgehead atoms. The van der Waals surface area contributed by atoms with Crippen molar-refractivity contribution >= 4 is 27.1 Å². The molecule has 0 saturated heterocycles. The molecule has 0 saturated carbocycles. The quantitative estimate of drug-likeness (QED) is 0.827. The number of para-hydroxylation sites is 1. The molecule has 0 spiro atoms. The van der Waals surface area contributed by atoms with E-state index in [2.05, 4.69) is 0 Å². The van der Waals surface area contributed by atoms with Crippen LogP contribution in [-0.2, 0) is 16.4 Å². The van der Waals surface area contributed by atoms with Gasteiger partial charge in [0, 0.05) is 12.2 Å². The molecule has 1 aliphatic rings. The Bertz CT molecular complexity index is 821. The lowest BCUT2D eigenvalue weighted by atomic mass is 10.1. The van der Waals surface area contributed by atoms with E-state index in [1.807, 2.05) is 4.90 Å². The van der Waals surface area contributed by atoms with Crippen LogP contribution < -0.4 is 15.8 Å². The summed E-state index contributed by atoms with van der Waals surface area (Å²) in [6.45, 7) is 0.608. The highest BCUT2D eigenvalue weighted by Gasteiger charge is 2.25. The first-order valence-corrected chi connectivity index (χ1v) is 7.90. The molecule has 0 unspecified atom stereocenters. The molecule has 1 heterocycles. The number of anilines is 3. The predicted octanol–water partition coefficient (Wildman–Crippen LogP) is 1.75. The van der Waals surface area contributed by atoms with Gasteiger partial charge >= 0.3 is 0 Å². The number of sulfonamides is 1. The second-order valence-corrected chi connectivity index (χ2v) is 6.44. The maximum absolute atomic E-state index is 13.4. The number of nitrogen functional groups attached to an aromatic ring is 1. The fraction of sp³-hybridized carbons (Fsp3) is 0.143. The van der Waals surface area contributed by atoms with Gasteiger partial charge in [0.05, 0.1) is 11.4 Å². The van der Waals surface area contributed by atoms with Gasteiger partial charge < -0.3 is 10.6 Å². The summed E-state index contributed by atoms with van der Waals surface area (Å²) in [6.07, 6.45) is 0.745. The van der Waals surface area contributed by atoms with Crippen LogP contribution in [0, 0.1) is 5.82 Å². The van der Waals surface area contributed by atoms with Crippen molar-refractivity contribution < 1.29 is 12.8 Å². The normalized spacial score (nSPS) is 14.3. The first-order chi connectivity index (χ1) is 9.88. The lowest BCUT2D eigenvalue weighted by Crippen LogP contribution is -2.19. The van der Waals surface area contributed by atoms with Gasteiger partial charge in [0.1, 0.15) is 10.7 Å². The molecule has 0 radical (unpaired) electrons. The molecule has 0 fully saturated rings. The molecule has 0 atom stereocenters. The summed E-state index contributed by atoms with van der Waals surface area (Å²) in [5.74, 6) is -0.346. The van der Waals surface area contributed by atoms with Gasteiger partial charge in [0.2, 0.25) is 10.0 Å². The second kappa shape index (κ2) is 4.71. The molecule has 5 nitrogen and oxygen atoms in total. The van der Waals surface area contributed by atoms with Crippen LogP contribution >= 0.6 is 0 Å². The van der Waals surface area contributed by atoms with Crippen molar-refractivity contribution in [3.05, 3.63) is 47.8 Å². The van der Waals surface area contributed by atoms with E-state index in [0.717, 1.165) is 12.0 Å². The number of nitrogens with zero attached hydrogens (tertiary/aromatic N) is 1. The van der Waals surface area contributed by atoms with Gasteiger partial charge in [-0.15, -0.1) is 0 Å². The van der Waals surface area contributed by atoms with Gasteiger partial charge in [0.15, 0.2) is 0 Å². The van der Waals surface area contributed by atoms with E-state index in [4.69, 9.17) is 10.9 Å². The Morgan fingerprint density at radius 1 is 1.14 bits per heavy atom. The number of fused-ring (bicyclic) bond motifs is 1. The fourth-order valence-corrected chi connectivity index (χ4v) is 3.30. The van der Waals surface area contributed by atoms with Crippen LogP contribution in [0.4, 0.5) is 21.5 Å². The van der Waals surface area contributed by atoms with Crippen LogP contribution in [0.15, 0.2) is 41.3 Å². The largest absolute Gasteiger partial charge is 0.396 e. The summed E-state index contributed by atoms with van der Waals surface area (Å²) in [4.78, 5) is 1.69. The van der Waals surface area contributed by atoms with Gasteiger partial charge in [-0.1, -0.05) is 12.1 Å². The third-order valence-corrected chi connectivity index (χ3v) is 4.55. The lowest BCUT2D eigenvalue weighted by molar-refractivity contribution is 0.598. The molecule has 0 aliphatic carbocycles. The van der Waals surface area contributed by atoms with Crippen molar-refractivity contribution in [2.45, 2.75) is 11.3 Å². The van der Waals surface area contributed by atoms with Crippen molar-refractivity contribution in [1.29, 1.82) is 0 Å². The average Bonchev–Trinajstić information content (AvgIpc) is 2.80. The Morgan fingerprint density at radius 2 is 1.90 bits per heavy atom. The van der Waals surface area contributed by atoms with Crippen molar-refractivity contribution in [1.82, 2.24) is 0 Å². The topological polar surface area (TPSA) is 89.4 Å². The zero-order valence-corrected chi connectivity index (χ0v) is 11.9. The van der Waals surface area contributed by atoms with Crippen LogP contribution in [-0.4, -0.2) is 15.0 Å². The zero-order valence-electron chi connectivity index (χ0n) is 11.1. The Labute approximate surface area is 122 Å². The first kappa shape index (κ1) is 13.8. The number of rotatable bonds is 2. The zero-order chi connectivity index (χ0) is 15.2. The smallest absolute Gasteiger partial charge is 0.240 e. The van der Waals surface area contributed by atoms with E-state index in [-0.39, 0.29) is 16.4 Å². The minimum absolute atomic E-state index is 0.0807. The van der Waals surface area contributed by atoms with Crippen molar-refractivity contribution in [3.8, 4) is 0 Å². The Hall–Kier alpha value is -2.12. The van der Waals surface area contributed by atoms with Crippen molar-refractivity contribution in [2.24, 2.45) is 5.14 Å². The minimum Gasteiger partial charge on any atom is -0.396 e. The van der Waals surface area contributed by atoms with Gasteiger partial charge in [0.25, 0.3) is 0 Å².